The van der Waals surface area contributed by atoms with Crippen molar-refractivity contribution in [1.82, 2.24) is 29.5 Å². The average molecular weight is 539 g/mol. The molecule has 1 fully saturated rings. The normalized spacial score (nSPS) is 15.4. The first-order chi connectivity index (χ1) is 18.4. The lowest BCUT2D eigenvalue weighted by molar-refractivity contribution is 0.0547. The van der Waals surface area contributed by atoms with Gasteiger partial charge < -0.3 is 14.0 Å². The lowest BCUT2D eigenvalue weighted by atomic mass is 9.89. The molecule has 0 N–H and O–H groups in total. The molecular weight excluding hydrogens is 514 g/mol. The quantitative estimate of drug-likeness (QED) is 0.296. The molecule has 0 saturated carbocycles. The van der Waals surface area contributed by atoms with Gasteiger partial charge in [-0.25, -0.2) is 18.3 Å². The van der Waals surface area contributed by atoms with E-state index in [1.54, 1.807) is 24.0 Å². The van der Waals surface area contributed by atoms with Crippen LogP contribution in [-0.2, 0) is 16.5 Å². The van der Waals surface area contributed by atoms with Gasteiger partial charge in [0.2, 0.25) is 0 Å². The monoisotopic (exact) mass is 538 g/mol. The number of fused-ring (bicyclic) bond motifs is 3. The third-order valence-electron chi connectivity index (χ3n) is 7.09. The number of rotatable bonds is 5. The minimum absolute atomic E-state index is 0.0187. The zero-order valence-electron chi connectivity index (χ0n) is 20.9. The summed E-state index contributed by atoms with van der Waals surface area (Å²) in [6.45, 7) is 2.96. The van der Waals surface area contributed by atoms with E-state index in [0.29, 0.717) is 47.5 Å². The van der Waals surface area contributed by atoms with Gasteiger partial charge in [-0.3, -0.25) is 9.97 Å². The number of esters is 1. The van der Waals surface area contributed by atoms with E-state index in [4.69, 9.17) is 14.5 Å². The van der Waals surface area contributed by atoms with E-state index in [1.165, 1.54) is 19.4 Å². The molecule has 0 aliphatic carbocycles. The lowest BCUT2D eigenvalue weighted by Crippen LogP contribution is -2.27. The van der Waals surface area contributed by atoms with Crippen LogP contribution >= 0.6 is 11.3 Å². The van der Waals surface area contributed by atoms with Gasteiger partial charge in [0, 0.05) is 32.0 Å². The van der Waals surface area contributed by atoms with Crippen LogP contribution in [0.2, 0.25) is 0 Å². The molecule has 0 radical (unpaired) electrons. The molecule has 0 spiro atoms. The molecule has 12 heteroatoms. The molecule has 1 atom stereocenters. The van der Waals surface area contributed by atoms with E-state index >= 15 is 4.39 Å². The molecule has 5 aromatic rings. The molecule has 6 heterocycles. The lowest BCUT2D eigenvalue weighted by Gasteiger charge is -2.32. The summed E-state index contributed by atoms with van der Waals surface area (Å²) in [4.78, 5) is 21.5. The first-order valence-corrected chi connectivity index (χ1v) is 13.0. The van der Waals surface area contributed by atoms with Gasteiger partial charge in [-0.1, -0.05) is 5.21 Å². The number of halogens is 2. The average Bonchev–Trinajstić information content (AvgIpc) is 3.56. The van der Waals surface area contributed by atoms with E-state index in [2.05, 4.69) is 15.3 Å². The number of hydrogen-bond donors (Lipinski definition) is 0. The predicted molar refractivity (Wildman–Crippen MR) is 137 cm³/mol. The zero-order chi connectivity index (χ0) is 26.6. The summed E-state index contributed by atoms with van der Waals surface area (Å²) >= 11 is 1.01. The van der Waals surface area contributed by atoms with Crippen molar-refractivity contribution in [2.24, 2.45) is 13.0 Å². The van der Waals surface area contributed by atoms with E-state index in [9.17, 15) is 9.18 Å². The Morgan fingerprint density at radius 3 is 2.66 bits per heavy atom. The SMILES string of the molecule is COC(=O)c1sc2c3ncc(-c4c(C)nnn4C)cc3n(C(c3ccc(F)cn3)C3CCOCC3)c2c1F. The van der Waals surface area contributed by atoms with Crippen molar-refractivity contribution in [2.75, 3.05) is 20.3 Å². The van der Waals surface area contributed by atoms with Crippen LogP contribution in [-0.4, -0.2) is 55.8 Å². The van der Waals surface area contributed by atoms with Gasteiger partial charge in [0.15, 0.2) is 10.7 Å². The molecule has 196 valence electrons. The Kier molecular flexibility index (Phi) is 6.15. The minimum atomic E-state index is -0.751. The number of aromatic nitrogens is 6. The van der Waals surface area contributed by atoms with Crippen molar-refractivity contribution in [3.05, 3.63) is 58.5 Å². The summed E-state index contributed by atoms with van der Waals surface area (Å²) in [6.07, 6.45) is 4.28. The van der Waals surface area contributed by atoms with Crippen LogP contribution in [0.25, 0.3) is 32.5 Å². The van der Waals surface area contributed by atoms with Gasteiger partial charge >= 0.3 is 5.97 Å². The number of methoxy groups -OCH3 is 1. The Balaban J connectivity index is 1.69. The standard InChI is InChI=1S/C26H24F2N6O3S/c1-13-21(33(2)32-31-13)15-10-18-20(30-11-15)25-23(19(28)24(38-25)26(35)36-3)34(18)22(14-6-8-37-9-7-14)17-5-4-16(27)12-29-17/h4-5,10-12,14,22H,6-9H2,1-3H3. The van der Waals surface area contributed by atoms with E-state index in [-0.39, 0.29) is 16.3 Å². The fraction of sp³-hybridized carbons (Fsp3) is 0.346. The maximum atomic E-state index is 16.1. The number of pyridine rings is 2. The number of carbonyl (C=O) groups excluding carboxylic acids is 1. The van der Waals surface area contributed by atoms with Crippen LogP contribution in [0.3, 0.4) is 0 Å². The summed E-state index contributed by atoms with van der Waals surface area (Å²) in [5, 5.41) is 8.27. The van der Waals surface area contributed by atoms with Crippen molar-refractivity contribution >= 4 is 38.6 Å². The van der Waals surface area contributed by atoms with Gasteiger partial charge in [-0.15, -0.1) is 16.4 Å². The minimum Gasteiger partial charge on any atom is -0.465 e. The summed E-state index contributed by atoms with van der Waals surface area (Å²) in [7, 11) is 3.02. The number of thiophene rings is 1. The highest BCUT2D eigenvalue weighted by Crippen LogP contribution is 2.44. The molecule has 1 saturated heterocycles. The first kappa shape index (κ1) is 24.6. The van der Waals surface area contributed by atoms with E-state index < -0.39 is 23.6 Å². The van der Waals surface area contributed by atoms with Crippen molar-refractivity contribution in [3.8, 4) is 11.3 Å². The maximum absolute atomic E-state index is 16.1. The predicted octanol–water partition coefficient (Wildman–Crippen LogP) is 4.83. The largest absolute Gasteiger partial charge is 0.465 e. The van der Waals surface area contributed by atoms with Gasteiger partial charge in [0.05, 0.1) is 52.2 Å². The first-order valence-electron chi connectivity index (χ1n) is 12.1. The highest BCUT2D eigenvalue weighted by Gasteiger charge is 2.34. The van der Waals surface area contributed by atoms with Crippen LogP contribution in [0.1, 0.15) is 39.9 Å². The van der Waals surface area contributed by atoms with Gasteiger partial charge in [-0.05, 0) is 43.9 Å². The zero-order valence-corrected chi connectivity index (χ0v) is 21.8. The molecule has 1 aliphatic rings. The molecule has 1 aliphatic heterocycles. The van der Waals surface area contributed by atoms with Crippen molar-refractivity contribution < 1.29 is 23.0 Å². The topological polar surface area (TPSA) is 97.0 Å². The molecule has 6 rings (SSSR count). The number of aryl methyl sites for hydroxylation is 2. The summed E-state index contributed by atoms with van der Waals surface area (Å²) < 4.78 is 44.5. The van der Waals surface area contributed by atoms with Crippen molar-refractivity contribution in [3.63, 3.8) is 0 Å². The molecule has 38 heavy (non-hydrogen) atoms. The Morgan fingerprint density at radius 2 is 2.00 bits per heavy atom. The van der Waals surface area contributed by atoms with Gasteiger partial charge in [0.1, 0.15) is 11.3 Å². The second-order valence-electron chi connectivity index (χ2n) is 9.32. The number of nitrogens with zero attached hydrogens (tertiary/aromatic N) is 6. The highest BCUT2D eigenvalue weighted by molar-refractivity contribution is 7.21. The van der Waals surface area contributed by atoms with Crippen molar-refractivity contribution in [1.29, 1.82) is 0 Å². The third-order valence-corrected chi connectivity index (χ3v) is 8.23. The second kappa shape index (κ2) is 9.52. The van der Waals surface area contributed by atoms with Crippen LogP contribution in [0, 0.1) is 24.5 Å². The maximum Gasteiger partial charge on any atom is 0.351 e. The number of carbonyl (C=O) groups is 1. The van der Waals surface area contributed by atoms with Crippen LogP contribution in [0.5, 0.6) is 0 Å². The molecule has 0 bridgehead atoms. The van der Waals surface area contributed by atoms with Crippen LogP contribution < -0.4 is 0 Å². The van der Waals surface area contributed by atoms with Crippen LogP contribution in [0.15, 0.2) is 30.6 Å². The number of hydrogen-bond acceptors (Lipinski definition) is 8. The molecule has 0 aromatic carbocycles. The molecule has 1 unspecified atom stereocenters. The highest BCUT2D eigenvalue weighted by atomic mass is 32.1. The second-order valence-corrected chi connectivity index (χ2v) is 10.3. The van der Waals surface area contributed by atoms with Gasteiger partial charge in [-0.2, -0.15) is 0 Å². The Hall–Kier alpha value is -3.77. The molecular formula is C26H24F2N6O3S. The Morgan fingerprint density at radius 1 is 1.21 bits per heavy atom. The Bertz CT molecular complexity index is 1650. The smallest absolute Gasteiger partial charge is 0.351 e. The number of ether oxygens (including phenoxy) is 2. The summed E-state index contributed by atoms with van der Waals surface area (Å²) in [5.74, 6) is -1.86. The fourth-order valence-electron chi connectivity index (χ4n) is 5.39. The molecule has 0 amide bonds. The van der Waals surface area contributed by atoms with E-state index in [1.807, 2.05) is 17.6 Å². The van der Waals surface area contributed by atoms with Gasteiger partial charge in [0.25, 0.3) is 0 Å². The van der Waals surface area contributed by atoms with Crippen LogP contribution in [0.4, 0.5) is 8.78 Å². The third kappa shape index (κ3) is 3.86. The molecule has 5 aromatic heterocycles. The molecule has 9 nitrogen and oxygen atoms in total. The fourth-order valence-corrected chi connectivity index (χ4v) is 6.48. The summed E-state index contributed by atoms with van der Waals surface area (Å²) in [5.41, 5.74) is 4.34. The van der Waals surface area contributed by atoms with E-state index in [0.717, 1.165) is 28.3 Å². The van der Waals surface area contributed by atoms with Crippen molar-refractivity contribution in [2.45, 2.75) is 25.8 Å². The summed E-state index contributed by atoms with van der Waals surface area (Å²) in [6, 6.07) is 4.46. The Labute approximate surface area is 220 Å².